The number of hydrogen-bond donors (Lipinski definition) is 2. The number of aliphatic hydroxyl groups excluding tert-OH is 1. The maximum atomic E-state index is 9.64. The first-order valence-corrected chi connectivity index (χ1v) is 6.35. The van der Waals surface area contributed by atoms with Crippen molar-refractivity contribution in [3.8, 4) is 0 Å². The zero-order chi connectivity index (χ0) is 13.7. The molecule has 0 radical (unpaired) electrons. The smallest absolute Gasteiger partial charge is 0.124 e. The largest absolute Gasteiger partial charge is 0.377 e. The van der Waals surface area contributed by atoms with Crippen LogP contribution in [-0.4, -0.2) is 47.0 Å². The monoisotopic (exact) mass is 252 g/mol. The SMILES string of the molecule is CC1=CC(C)=NC(C)N1C=NCC(O)NC(C)C. The molecule has 102 valence electrons. The fourth-order valence-electron chi connectivity index (χ4n) is 1.93. The standard InChI is InChI=1S/C13H24N4O/c1-9(2)15-13(18)7-14-8-17-11(4)6-10(3)16-12(17)5/h6,8-9,12-13,15,18H,7H2,1-5H3. The average molecular weight is 252 g/mol. The van der Waals surface area contributed by atoms with Crippen molar-refractivity contribution in [3.63, 3.8) is 0 Å². The highest BCUT2D eigenvalue weighted by atomic mass is 16.3. The molecule has 1 heterocycles. The molecule has 1 aliphatic rings. The topological polar surface area (TPSA) is 60.2 Å². The van der Waals surface area contributed by atoms with Gasteiger partial charge >= 0.3 is 0 Å². The van der Waals surface area contributed by atoms with Crippen LogP contribution in [0.1, 0.15) is 34.6 Å². The van der Waals surface area contributed by atoms with Crippen LogP contribution in [0, 0.1) is 0 Å². The Morgan fingerprint density at radius 1 is 1.56 bits per heavy atom. The van der Waals surface area contributed by atoms with Gasteiger partial charge in [0.05, 0.1) is 12.9 Å². The predicted octanol–water partition coefficient (Wildman–Crippen LogP) is 1.36. The summed E-state index contributed by atoms with van der Waals surface area (Å²) in [5, 5.41) is 12.6. The summed E-state index contributed by atoms with van der Waals surface area (Å²) in [6.07, 6.45) is 3.23. The van der Waals surface area contributed by atoms with E-state index in [1.807, 2.05) is 45.6 Å². The summed E-state index contributed by atoms with van der Waals surface area (Å²) >= 11 is 0. The van der Waals surface area contributed by atoms with E-state index in [0.717, 1.165) is 11.4 Å². The first-order valence-electron chi connectivity index (χ1n) is 6.35. The number of aliphatic hydroxyl groups is 1. The van der Waals surface area contributed by atoms with Gasteiger partial charge in [0, 0.05) is 17.5 Å². The summed E-state index contributed by atoms with van der Waals surface area (Å²) in [5.74, 6) is 0. The van der Waals surface area contributed by atoms with E-state index in [1.165, 1.54) is 0 Å². The van der Waals surface area contributed by atoms with Crippen molar-refractivity contribution in [2.75, 3.05) is 6.54 Å². The number of allylic oxidation sites excluding steroid dienone is 2. The second kappa shape index (κ2) is 6.66. The lowest BCUT2D eigenvalue weighted by Gasteiger charge is -2.28. The third kappa shape index (κ3) is 4.58. The van der Waals surface area contributed by atoms with E-state index in [0.29, 0.717) is 6.54 Å². The Balaban J connectivity index is 2.50. The lowest BCUT2D eigenvalue weighted by molar-refractivity contribution is 0.136. The highest BCUT2D eigenvalue weighted by Gasteiger charge is 2.15. The normalized spacial score (nSPS) is 22.4. The van der Waals surface area contributed by atoms with Crippen LogP contribution in [0.2, 0.25) is 0 Å². The molecule has 0 amide bonds. The minimum atomic E-state index is -0.601. The van der Waals surface area contributed by atoms with E-state index >= 15 is 0 Å². The zero-order valence-corrected chi connectivity index (χ0v) is 11.9. The van der Waals surface area contributed by atoms with Gasteiger partial charge < -0.3 is 10.0 Å². The first-order chi connectivity index (χ1) is 8.40. The molecular formula is C13H24N4O. The van der Waals surface area contributed by atoms with Crippen LogP contribution in [0.5, 0.6) is 0 Å². The van der Waals surface area contributed by atoms with Gasteiger partial charge in [0.15, 0.2) is 0 Å². The van der Waals surface area contributed by atoms with Crippen molar-refractivity contribution in [1.29, 1.82) is 0 Å². The Bertz CT molecular complexity index is 360. The van der Waals surface area contributed by atoms with Gasteiger partial charge in [-0.15, -0.1) is 0 Å². The molecule has 0 bridgehead atoms. The number of nitrogens with zero attached hydrogens (tertiary/aromatic N) is 3. The van der Waals surface area contributed by atoms with Crippen LogP contribution in [0.25, 0.3) is 0 Å². The molecule has 0 aliphatic carbocycles. The van der Waals surface area contributed by atoms with Crippen molar-refractivity contribution >= 4 is 12.1 Å². The molecule has 2 N–H and O–H groups in total. The second-order valence-electron chi connectivity index (χ2n) is 4.91. The Labute approximate surface area is 109 Å². The molecule has 1 rings (SSSR count). The van der Waals surface area contributed by atoms with Crippen LogP contribution in [0.15, 0.2) is 21.8 Å². The molecule has 1 aliphatic heterocycles. The van der Waals surface area contributed by atoms with Gasteiger partial charge in [0.1, 0.15) is 12.4 Å². The van der Waals surface area contributed by atoms with Gasteiger partial charge in [-0.05, 0) is 40.7 Å². The lowest BCUT2D eigenvalue weighted by atomic mass is 10.2. The molecule has 0 spiro atoms. The molecule has 0 saturated heterocycles. The molecule has 2 unspecified atom stereocenters. The average Bonchev–Trinajstić information content (AvgIpc) is 2.20. The Morgan fingerprint density at radius 3 is 2.78 bits per heavy atom. The quantitative estimate of drug-likeness (QED) is 0.441. The minimum Gasteiger partial charge on any atom is -0.377 e. The Hall–Kier alpha value is -1.20. The molecule has 0 aromatic rings. The molecule has 2 atom stereocenters. The van der Waals surface area contributed by atoms with E-state index in [9.17, 15) is 5.11 Å². The van der Waals surface area contributed by atoms with Crippen LogP contribution < -0.4 is 5.32 Å². The van der Waals surface area contributed by atoms with Crippen molar-refractivity contribution in [3.05, 3.63) is 11.8 Å². The maximum absolute atomic E-state index is 9.64. The van der Waals surface area contributed by atoms with Crippen molar-refractivity contribution in [2.45, 2.75) is 53.1 Å². The molecule has 0 aromatic carbocycles. The van der Waals surface area contributed by atoms with E-state index in [-0.39, 0.29) is 12.2 Å². The summed E-state index contributed by atoms with van der Waals surface area (Å²) < 4.78 is 0. The summed E-state index contributed by atoms with van der Waals surface area (Å²) in [5.41, 5.74) is 2.15. The number of hydrogen-bond acceptors (Lipinski definition) is 4. The van der Waals surface area contributed by atoms with Gasteiger partial charge in [0.2, 0.25) is 0 Å². The summed E-state index contributed by atoms with van der Waals surface area (Å²) in [6, 6.07) is 0.248. The molecule has 18 heavy (non-hydrogen) atoms. The van der Waals surface area contributed by atoms with Crippen LogP contribution in [0.3, 0.4) is 0 Å². The second-order valence-corrected chi connectivity index (χ2v) is 4.91. The maximum Gasteiger partial charge on any atom is 0.124 e. The van der Waals surface area contributed by atoms with Crippen molar-refractivity contribution in [1.82, 2.24) is 10.2 Å². The van der Waals surface area contributed by atoms with Gasteiger partial charge in [-0.25, -0.2) is 0 Å². The first kappa shape index (κ1) is 14.9. The van der Waals surface area contributed by atoms with Gasteiger partial charge in [-0.2, -0.15) is 0 Å². The van der Waals surface area contributed by atoms with E-state index in [4.69, 9.17) is 0 Å². The molecule has 5 heteroatoms. The Kier molecular flexibility index (Phi) is 5.50. The van der Waals surface area contributed by atoms with Crippen LogP contribution in [-0.2, 0) is 0 Å². The van der Waals surface area contributed by atoms with Crippen LogP contribution >= 0.6 is 0 Å². The molecule has 0 aromatic heterocycles. The number of nitrogens with one attached hydrogen (secondary N) is 1. The fourth-order valence-corrected chi connectivity index (χ4v) is 1.93. The highest BCUT2D eigenvalue weighted by molar-refractivity contribution is 5.94. The Morgan fingerprint density at radius 2 is 2.22 bits per heavy atom. The zero-order valence-electron chi connectivity index (χ0n) is 11.9. The van der Waals surface area contributed by atoms with Crippen molar-refractivity contribution < 1.29 is 5.11 Å². The molecule has 0 saturated carbocycles. The molecular weight excluding hydrogens is 228 g/mol. The summed E-state index contributed by atoms with van der Waals surface area (Å²) in [7, 11) is 0. The summed E-state index contributed by atoms with van der Waals surface area (Å²) in [6.45, 7) is 10.4. The third-order valence-corrected chi connectivity index (χ3v) is 2.63. The number of rotatable bonds is 5. The molecule has 5 nitrogen and oxygen atoms in total. The van der Waals surface area contributed by atoms with Gasteiger partial charge in [-0.1, -0.05) is 0 Å². The lowest BCUT2D eigenvalue weighted by Crippen LogP contribution is -2.37. The third-order valence-electron chi connectivity index (χ3n) is 2.63. The summed E-state index contributed by atoms with van der Waals surface area (Å²) in [4.78, 5) is 10.7. The van der Waals surface area contributed by atoms with Gasteiger partial charge in [0.25, 0.3) is 0 Å². The number of aliphatic imine (C=N–C) groups is 2. The van der Waals surface area contributed by atoms with E-state index in [1.54, 1.807) is 6.34 Å². The van der Waals surface area contributed by atoms with E-state index in [2.05, 4.69) is 15.3 Å². The van der Waals surface area contributed by atoms with Gasteiger partial charge in [-0.3, -0.25) is 15.3 Å². The fraction of sp³-hybridized carbons (Fsp3) is 0.692. The minimum absolute atomic E-state index is 0.0638. The van der Waals surface area contributed by atoms with Crippen LogP contribution in [0.4, 0.5) is 0 Å². The van der Waals surface area contributed by atoms with E-state index < -0.39 is 6.23 Å². The predicted molar refractivity (Wildman–Crippen MR) is 75.8 cm³/mol. The highest BCUT2D eigenvalue weighted by Crippen LogP contribution is 2.13. The molecule has 0 fully saturated rings. The van der Waals surface area contributed by atoms with Crippen molar-refractivity contribution in [2.24, 2.45) is 9.98 Å².